The predicted octanol–water partition coefficient (Wildman–Crippen LogP) is 2.84. The Morgan fingerprint density at radius 3 is 2.55 bits per heavy atom. The van der Waals surface area contributed by atoms with Crippen LogP contribution in [0.4, 0.5) is 19.1 Å². The van der Waals surface area contributed by atoms with Gasteiger partial charge in [0.25, 0.3) is 17.0 Å². The summed E-state index contributed by atoms with van der Waals surface area (Å²) in [7, 11) is 1.56. The van der Waals surface area contributed by atoms with Gasteiger partial charge in [-0.1, -0.05) is 18.1 Å². The van der Waals surface area contributed by atoms with Crippen molar-refractivity contribution in [3.05, 3.63) is 91.3 Å². The molecule has 38 heavy (non-hydrogen) atoms. The van der Waals surface area contributed by atoms with E-state index in [9.17, 15) is 27.6 Å². The van der Waals surface area contributed by atoms with Gasteiger partial charge in [-0.25, -0.2) is 4.98 Å². The van der Waals surface area contributed by atoms with Crippen LogP contribution in [0, 0.1) is 11.8 Å². The van der Waals surface area contributed by atoms with Crippen molar-refractivity contribution >= 4 is 11.9 Å². The Morgan fingerprint density at radius 2 is 1.87 bits per heavy atom. The molecule has 0 unspecified atom stereocenters. The molecule has 1 aromatic carbocycles. The third-order valence-corrected chi connectivity index (χ3v) is 6.35. The number of carbonyl (C=O) groups excluding carboxylic acids is 1. The largest absolute Gasteiger partial charge is 0.416 e. The van der Waals surface area contributed by atoms with Crippen LogP contribution in [0.25, 0.3) is 0 Å². The minimum Gasteiger partial charge on any atom is -0.355 e. The lowest BCUT2D eigenvalue weighted by Crippen LogP contribution is -2.43. The SMILES string of the molecule is CC#CCn1c(NCCc2ccc(C(F)(F)F)cc2)nc2c(c1=O)CN(C(=O)c1cccn(C)c1=O)CC2. The molecular weight excluding hydrogens is 499 g/mol. The molecule has 0 spiro atoms. The summed E-state index contributed by atoms with van der Waals surface area (Å²) < 4.78 is 41.1. The first-order valence-corrected chi connectivity index (χ1v) is 12.0. The van der Waals surface area contributed by atoms with Gasteiger partial charge in [0, 0.05) is 32.8 Å². The molecule has 1 aliphatic rings. The number of pyridine rings is 1. The molecule has 4 rings (SSSR count). The number of hydrogen-bond acceptors (Lipinski definition) is 5. The molecule has 1 amide bonds. The molecule has 0 saturated carbocycles. The van der Waals surface area contributed by atoms with Gasteiger partial charge in [-0.15, -0.1) is 5.92 Å². The number of nitrogens with one attached hydrogen (secondary N) is 1. The number of aromatic nitrogens is 3. The maximum Gasteiger partial charge on any atom is 0.416 e. The van der Waals surface area contributed by atoms with Crippen molar-refractivity contribution in [2.45, 2.75) is 39.0 Å². The normalized spacial score (nSPS) is 12.9. The van der Waals surface area contributed by atoms with Crippen LogP contribution in [0.1, 0.15) is 39.7 Å². The van der Waals surface area contributed by atoms with Crippen LogP contribution in [0.2, 0.25) is 0 Å². The van der Waals surface area contributed by atoms with E-state index in [1.807, 2.05) is 0 Å². The minimum absolute atomic E-state index is 0.0173. The zero-order valence-electron chi connectivity index (χ0n) is 20.9. The lowest BCUT2D eigenvalue weighted by atomic mass is 10.1. The Bertz CT molecular complexity index is 1530. The summed E-state index contributed by atoms with van der Waals surface area (Å²) >= 11 is 0. The molecule has 0 fully saturated rings. The summed E-state index contributed by atoms with van der Waals surface area (Å²) in [6.45, 7) is 2.36. The molecular formula is C27H26F3N5O3. The van der Waals surface area contributed by atoms with Crippen LogP contribution in [-0.2, 0) is 39.2 Å². The van der Waals surface area contributed by atoms with Gasteiger partial charge in [0.1, 0.15) is 5.56 Å². The number of fused-ring (bicyclic) bond motifs is 1. The number of anilines is 1. The summed E-state index contributed by atoms with van der Waals surface area (Å²) in [6, 6.07) is 8.01. The van der Waals surface area contributed by atoms with Crippen LogP contribution < -0.4 is 16.4 Å². The highest BCUT2D eigenvalue weighted by Gasteiger charge is 2.30. The second-order valence-corrected chi connectivity index (χ2v) is 8.86. The van der Waals surface area contributed by atoms with Crippen molar-refractivity contribution in [3.8, 4) is 11.8 Å². The quantitative estimate of drug-likeness (QED) is 0.500. The lowest BCUT2D eigenvalue weighted by molar-refractivity contribution is -0.137. The third-order valence-electron chi connectivity index (χ3n) is 6.35. The minimum atomic E-state index is -4.39. The highest BCUT2D eigenvalue weighted by atomic mass is 19.4. The topological polar surface area (TPSA) is 89.2 Å². The van der Waals surface area contributed by atoms with Crippen LogP contribution in [0.5, 0.6) is 0 Å². The number of alkyl halides is 3. The van der Waals surface area contributed by atoms with Crippen molar-refractivity contribution in [1.29, 1.82) is 0 Å². The van der Waals surface area contributed by atoms with Crippen LogP contribution >= 0.6 is 0 Å². The molecule has 3 heterocycles. The van der Waals surface area contributed by atoms with Gasteiger partial charge in [-0.3, -0.25) is 19.0 Å². The molecule has 0 saturated heterocycles. The zero-order chi connectivity index (χ0) is 27.4. The van der Waals surface area contributed by atoms with Crippen molar-refractivity contribution in [1.82, 2.24) is 19.0 Å². The van der Waals surface area contributed by atoms with Crippen LogP contribution in [0.15, 0.2) is 52.2 Å². The number of amides is 1. The molecule has 8 nitrogen and oxygen atoms in total. The van der Waals surface area contributed by atoms with Crippen molar-refractivity contribution in [3.63, 3.8) is 0 Å². The number of hydrogen-bond donors (Lipinski definition) is 1. The zero-order valence-corrected chi connectivity index (χ0v) is 20.9. The molecule has 3 aromatic rings. The van der Waals surface area contributed by atoms with Gasteiger partial charge in [0.15, 0.2) is 0 Å². The standard InChI is InChI=1S/C27H26F3N5O3/c1-3-4-15-35-25(38)21-17-34(24(37)20-6-5-14-33(2)23(20)36)16-12-22(21)32-26(35)31-13-11-18-7-9-19(10-8-18)27(28,29)30/h5-10,14H,11-13,15-17H2,1-2H3,(H,31,32). The van der Waals surface area contributed by atoms with Gasteiger partial charge < -0.3 is 14.8 Å². The van der Waals surface area contributed by atoms with Crippen molar-refractivity contribution in [2.75, 3.05) is 18.4 Å². The number of benzene rings is 1. The lowest BCUT2D eigenvalue weighted by Gasteiger charge is -2.29. The summed E-state index contributed by atoms with van der Waals surface area (Å²) in [5.41, 5.74) is 0.189. The van der Waals surface area contributed by atoms with E-state index in [1.54, 1.807) is 26.2 Å². The Labute approximate surface area is 216 Å². The van der Waals surface area contributed by atoms with Crippen molar-refractivity contribution < 1.29 is 18.0 Å². The number of carbonyl (C=O) groups is 1. The first-order valence-electron chi connectivity index (χ1n) is 12.0. The molecule has 0 aliphatic carbocycles. The van der Waals surface area contributed by atoms with E-state index in [4.69, 9.17) is 0 Å². The fourth-order valence-electron chi connectivity index (χ4n) is 4.24. The number of nitrogens with zero attached hydrogens (tertiary/aromatic N) is 4. The van der Waals surface area contributed by atoms with E-state index in [1.165, 1.54) is 32.2 Å². The molecule has 0 atom stereocenters. The number of aryl methyl sites for hydroxylation is 1. The highest BCUT2D eigenvalue weighted by molar-refractivity contribution is 5.94. The fraction of sp³-hybridized carbons (Fsp3) is 0.333. The third kappa shape index (κ3) is 5.64. The number of halogens is 3. The second-order valence-electron chi connectivity index (χ2n) is 8.86. The van der Waals surface area contributed by atoms with Crippen molar-refractivity contribution in [2.24, 2.45) is 7.05 Å². The smallest absolute Gasteiger partial charge is 0.355 e. The number of rotatable bonds is 6. The van der Waals surface area contributed by atoms with Crippen LogP contribution in [-0.4, -0.2) is 38.0 Å². The first kappa shape index (κ1) is 26.7. The fourth-order valence-corrected chi connectivity index (χ4v) is 4.24. The maximum atomic E-state index is 13.4. The summed E-state index contributed by atoms with van der Waals surface area (Å²) in [4.78, 5) is 45.0. The van der Waals surface area contributed by atoms with Gasteiger partial charge in [-0.05, 0) is 43.2 Å². The Balaban J connectivity index is 1.54. The van der Waals surface area contributed by atoms with E-state index in [0.29, 0.717) is 48.7 Å². The van der Waals surface area contributed by atoms with Gasteiger partial charge in [-0.2, -0.15) is 13.2 Å². The maximum absolute atomic E-state index is 13.4. The van der Waals surface area contributed by atoms with E-state index >= 15 is 0 Å². The second kappa shape index (κ2) is 11.0. The Kier molecular flexibility index (Phi) is 7.71. The van der Waals surface area contributed by atoms with Gasteiger partial charge in [0.05, 0.1) is 29.9 Å². The van der Waals surface area contributed by atoms with E-state index in [-0.39, 0.29) is 24.2 Å². The summed E-state index contributed by atoms with van der Waals surface area (Å²) in [5.74, 6) is 5.46. The summed E-state index contributed by atoms with van der Waals surface area (Å²) in [6.07, 6.45) is -2.08. The Hall–Kier alpha value is -4.33. The average molecular weight is 526 g/mol. The predicted molar refractivity (Wildman–Crippen MR) is 136 cm³/mol. The van der Waals surface area contributed by atoms with E-state index in [0.717, 1.165) is 12.1 Å². The molecule has 1 N–H and O–H groups in total. The molecule has 0 bridgehead atoms. The van der Waals surface area contributed by atoms with Gasteiger partial charge in [0.2, 0.25) is 5.95 Å². The molecule has 0 radical (unpaired) electrons. The van der Waals surface area contributed by atoms with Gasteiger partial charge >= 0.3 is 6.18 Å². The Morgan fingerprint density at radius 1 is 1.13 bits per heavy atom. The summed E-state index contributed by atoms with van der Waals surface area (Å²) in [5, 5.41) is 3.12. The molecule has 198 valence electrons. The first-order chi connectivity index (χ1) is 18.1. The average Bonchev–Trinajstić information content (AvgIpc) is 2.89. The van der Waals surface area contributed by atoms with E-state index in [2.05, 4.69) is 22.1 Å². The van der Waals surface area contributed by atoms with Crippen LogP contribution in [0.3, 0.4) is 0 Å². The molecule has 2 aromatic heterocycles. The molecule has 1 aliphatic heterocycles. The van der Waals surface area contributed by atoms with E-state index < -0.39 is 23.2 Å². The highest BCUT2D eigenvalue weighted by Crippen LogP contribution is 2.29. The molecule has 11 heteroatoms. The monoisotopic (exact) mass is 525 g/mol.